The van der Waals surface area contributed by atoms with Gasteiger partial charge in [0.2, 0.25) is 5.88 Å². The van der Waals surface area contributed by atoms with Gasteiger partial charge < -0.3 is 20.2 Å². The van der Waals surface area contributed by atoms with Crippen LogP contribution in [0.15, 0.2) is 73.1 Å². The maximum absolute atomic E-state index is 10.9. The van der Waals surface area contributed by atoms with Gasteiger partial charge in [-0.25, -0.2) is 9.97 Å². The Bertz CT molecular complexity index is 987. The van der Waals surface area contributed by atoms with Gasteiger partial charge in [0.15, 0.2) is 0 Å². The highest BCUT2D eigenvalue weighted by Gasteiger charge is 2.17. The number of hydrogen-bond acceptors (Lipinski definition) is 6. The fraction of sp³-hybridized carbons (Fsp3) is 0.174. The quantitative estimate of drug-likeness (QED) is 0.588. The summed E-state index contributed by atoms with van der Waals surface area (Å²) < 4.78 is 6.08. The molecule has 2 aromatic heterocycles. The third kappa shape index (κ3) is 4.86. The number of ether oxygens (including phenoxy) is 1. The Labute approximate surface area is 169 Å². The van der Waals surface area contributed by atoms with Gasteiger partial charge in [0.25, 0.3) is 0 Å². The van der Waals surface area contributed by atoms with Crippen molar-refractivity contribution in [2.75, 3.05) is 11.9 Å². The lowest BCUT2D eigenvalue weighted by molar-refractivity contribution is -0.108. The van der Waals surface area contributed by atoms with Crippen LogP contribution in [0, 0.1) is 0 Å². The molecule has 1 unspecified atom stereocenters. The largest absolute Gasteiger partial charge is 0.438 e. The highest BCUT2D eigenvalue weighted by atomic mass is 16.5. The average molecular weight is 386 g/mol. The smallest absolute Gasteiger partial charge is 0.226 e. The molecule has 0 radical (unpaired) electrons. The van der Waals surface area contributed by atoms with Crippen LogP contribution in [0.3, 0.4) is 0 Å². The topological polar surface area (TPSA) is 76.1 Å². The summed E-state index contributed by atoms with van der Waals surface area (Å²) >= 11 is 0. The van der Waals surface area contributed by atoms with Gasteiger partial charge in [-0.05, 0) is 67.1 Å². The van der Waals surface area contributed by atoms with Crippen molar-refractivity contribution in [3.63, 3.8) is 0 Å². The highest BCUT2D eigenvalue weighted by molar-refractivity contribution is 5.71. The fourth-order valence-electron chi connectivity index (χ4n) is 3.28. The molecule has 0 saturated heterocycles. The maximum Gasteiger partial charge on any atom is 0.226 e. The van der Waals surface area contributed by atoms with E-state index in [1.807, 2.05) is 54.6 Å². The summed E-state index contributed by atoms with van der Waals surface area (Å²) in [5.41, 5.74) is 3.03. The predicted octanol–water partition coefficient (Wildman–Crippen LogP) is 4.35. The molecule has 6 nitrogen and oxygen atoms in total. The second-order valence-corrected chi connectivity index (χ2v) is 6.73. The molecule has 146 valence electrons. The minimum Gasteiger partial charge on any atom is -0.438 e. The Kier molecular flexibility index (Phi) is 5.92. The van der Waals surface area contributed by atoms with E-state index >= 15 is 0 Å². The van der Waals surface area contributed by atoms with E-state index in [0.717, 1.165) is 41.9 Å². The molecule has 0 bridgehead atoms. The number of aromatic nitrogens is 2. The number of hydrogen-bond donors (Lipinski definition) is 2. The van der Waals surface area contributed by atoms with Crippen LogP contribution in [-0.2, 0) is 4.79 Å². The molecule has 2 N–H and O–H groups in total. The van der Waals surface area contributed by atoms with Crippen molar-refractivity contribution in [1.29, 1.82) is 0 Å². The molecule has 3 aromatic rings. The van der Waals surface area contributed by atoms with Crippen LogP contribution in [0.4, 0.5) is 11.5 Å². The molecule has 4 rings (SSSR count). The number of anilines is 2. The Morgan fingerprint density at radius 3 is 2.72 bits per heavy atom. The molecule has 6 heteroatoms. The van der Waals surface area contributed by atoms with Crippen molar-refractivity contribution >= 4 is 23.4 Å². The zero-order valence-electron chi connectivity index (χ0n) is 15.9. The lowest BCUT2D eigenvalue weighted by Gasteiger charge is -2.22. The standard InChI is InChI=1S/C23H22N4O2/c28-15-11-19-16-17(10-14-24-19)21-4-3-13-26-23(21)29-20-8-6-18(7-9-20)27-22-5-1-2-12-25-22/h1-9,12-13,15-16,19,24H,10-11,14H2,(H,25,27). The van der Waals surface area contributed by atoms with E-state index in [9.17, 15) is 4.79 Å². The van der Waals surface area contributed by atoms with Crippen LogP contribution in [0.25, 0.3) is 5.57 Å². The first kappa shape index (κ1) is 18.8. The van der Waals surface area contributed by atoms with Gasteiger partial charge in [-0.3, -0.25) is 0 Å². The van der Waals surface area contributed by atoms with Gasteiger partial charge in [-0.1, -0.05) is 12.1 Å². The van der Waals surface area contributed by atoms with E-state index in [2.05, 4.69) is 26.7 Å². The monoisotopic (exact) mass is 386 g/mol. The Morgan fingerprint density at radius 2 is 1.93 bits per heavy atom. The predicted molar refractivity (Wildman–Crippen MR) is 113 cm³/mol. The van der Waals surface area contributed by atoms with E-state index in [1.165, 1.54) is 0 Å². The lowest BCUT2D eigenvalue weighted by atomic mass is 9.97. The second-order valence-electron chi connectivity index (χ2n) is 6.73. The summed E-state index contributed by atoms with van der Waals surface area (Å²) in [6.45, 7) is 0.826. The molecule has 0 saturated carbocycles. The number of carbonyl (C=O) groups excluding carboxylic acids is 1. The highest BCUT2D eigenvalue weighted by Crippen LogP contribution is 2.32. The molecule has 1 aliphatic rings. The molecule has 0 amide bonds. The molecule has 1 atom stereocenters. The number of aldehydes is 1. The molecule has 0 spiro atoms. The number of benzene rings is 1. The first-order valence-electron chi connectivity index (χ1n) is 9.61. The SMILES string of the molecule is O=CCC1C=C(c2cccnc2Oc2ccc(Nc3ccccn3)cc2)CCN1. The Balaban J connectivity index is 1.51. The summed E-state index contributed by atoms with van der Waals surface area (Å²) in [7, 11) is 0. The molecule has 0 aliphatic carbocycles. The van der Waals surface area contributed by atoms with Crippen molar-refractivity contribution in [3.8, 4) is 11.6 Å². The van der Waals surface area contributed by atoms with E-state index in [1.54, 1.807) is 12.4 Å². The van der Waals surface area contributed by atoms with Gasteiger partial charge in [-0.15, -0.1) is 0 Å². The van der Waals surface area contributed by atoms with E-state index in [-0.39, 0.29) is 6.04 Å². The first-order chi connectivity index (χ1) is 14.3. The summed E-state index contributed by atoms with van der Waals surface area (Å²) in [6.07, 6.45) is 7.84. The molecule has 1 aliphatic heterocycles. The van der Waals surface area contributed by atoms with Crippen molar-refractivity contribution in [2.24, 2.45) is 0 Å². The minimum absolute atomic E-state index is 0.0567. The number of pyridine rings is 2. The summed E-state index contributed by atoms with van der Waals surface area (Å²) in [5, 5.41) is 6.58. The number of nitrogens with one attached hydrogen (secondary N) is 2. The summed E-state index contributed by atoms with van der Waals surface area (Å²) in [4.78, 5) is 19.5. The average Bonchev–Trinajstić information content (AvgIpc) is 2.77. The third-order valence-electron chi connectivity index (χ3n) is 4.68. The van der Waals surface area contributed by atoms with Gasteiger partial charge in [0.1, 0.15) is 17.9 Å². The number of nitrogens with zero attached hydrogens (tertiary/aromatic N) is 2. The Morgan fingerprint density at radius 1 is 1.07 bits per heavy atom. The number of rotatable bonds is 7. The van der Waals surface area contributed by atoms with Gasteiger partial charge in [0, 0.05) is 36.1 Å². The molecular formula is C23H22N4O2. The summed E-state index contributed by atoms with van der Waals surface area (Å²) in [6, 6.07) is 17.4. The van der Waals surface area contributed by atoms with Crippen LogP contribution in [0.1, 0.15) is 18.4 Å². The van der Waals surface area contributed by atoms with E-state index in [0.29, 0.717) is 18.1 Å². The molecule has 3 heterocycles. The van der Waals surface area contributed by atoms with E-state index in [4.69, 9.17) is 4.74 Å². The summed E-state index contributed by atoms with van der Waals surface area (Å²) in [5.74, 6) is 2.06. The van der Waals surface area contributed by atoms with Crippen LogP contribution in [-0.4, -0.2) is 28.8 Å². The van der Waals surface area contributed by atoms with E-state index < -0.39 is 0 Å². The fourth-order valence-corrected chi connectivity index (χ4v) is 3.28. The zero-order chi connectivity index (χ0) is 19.9. The van der Waals surface area contributed by atoms with Crippen molar-refractivity contribution < 1.29 is 9.53 Å². The molecule has 0 fully saturated rings. The van der Waals surface area contributed by atoms with Crippen molar-refractivity contribution in [2.45, 2.75) is 18.9 Å². The third-order valence-corrected chi connectivity index (χ3v) is 4.68. The minimum atomic E-state index is 0.0567. The zero-order valence-corrected chi connectivity index (χ0v) is 15.9. The van der Waals surface area contributed by atoms with Crippen LogP contribution < -0.4 is 15.4 Å². The van der Waals surface area contributed by atoms with Gasteiger partial charge >= 0.3 is 0 Å². The molecular weight excluding hydrogens is 364 g/mol. The van der Waals surface area contributed by atoms with Gasteiger partial charge in [-0.2, -0.15) is 0 Å². The molecule has 1 aromatic carbocycles. The normalized spacial score (nSPS) is 16.0. The first-order valence-corrected chi connectivity index (χ1v) is 9.61. The van der Waals surface area contributed by atoms with Crippen LogP contribution in [0.2, 0.25) is 0 Å². The van der Waals surface area contributed by atoms with Crippen molar-refractivity contribution in [1.82, 2.24) is 15.3 Å². The second kappa shape index (κ2) is 9.12. The Hall–Kier alpha value is -3.51. The van der Waals surface area contributed by atoms with Crippen molar-refractivity contribution in [3.05, 3.63) is 78.6 Å². The maximum atomic E-state index is 10.9. The van der Waals surface area contributed by atoms with Crippen LogP contribution >= 0.6 is 0 Å². The van der Waals surface area contributed by atoms with Crippen LogP contribution in [0.5, 0.6) is 11.6 Å². The molecule has 29 heavy (non-hydrogen) atoms. The lowest BCUT2D eigenvalue weighted by Crippen LogP contribution is -2.32. The van der Waals surface area contributed by atoms with Gasteiger partial charge in [0.05, 0.1) is 0 Å². The number of carbonyl (C=O) groups is 1.